The second-order valence-electron chi connectivity index (χ2n) is 12.6. The lowest BCUT2D eigenvalue weighted by Crippen LogP contribution is -2.14. The van der Waals surface area contributed by atoms with Gasteiger partial charge in [-0.3, -0.25) is 0 Å². The van der Waals surface area contributed by atoms with Crippen LogP contribution in [0.15, 0.2) is 103 Å². The molecule has 0 radical (unpaired) electrons. The van der Waals surface area contributed by atoms with Gasteiger partial charge in [0.05, 0.1) is 12.6 Å². The molecule has 0 bridgehead atoms. The summed E-state index contributed by atoms with van der Waals surface area (Å²) in [5, 5.41) is 9.08. The lowest BCUT2D eigenvalue weighted by molar-refractivity contribution is 0.590. The molecular formula is C38H35N3S2. The molecule has 0 saturated heterocycles. The third-order valence-corrected chi connectivity index (χ3v) is 9.75. The normalized spacial score (nSPS) is 12.0. The van der Waals surface area contributed by atoms with Crippen molar-refractivity contribution in [3.05, 3.63) is 130 Å². The molecule has 3 aromatic carbocycles. The topological polar surface area (TPSA) is 31.4 Å². The fourth-order valence-corrected chi connectivity index (χ4v) is 6.90. The summed E-state index contributed by atoms with van der Waals surface area (Å²) in [5.74, 6) is 0. The van der Waals surface area contributed by atoms with Gasteiger partial charge < -0.3 is 4.90 Å². The summed E-state index contributed by atoms with van der Waals surface area (Å²) in [5.41, 5.74) is 7.45. The Bertz CT molecular complexity index is 1750. The van der Waals surface area contributed by atoms with E-state index in [0.29, 0.717) is 0 Å². The second-order valence-corrected chi connectivity index (χ2v) is 14.8. The Kier molecular flexibility index (Phi) is 8.43. The molecule has 0 amide bonds. The summed E-state index contributed by atoms with van der Waals surface area (Å²) in [6, 6.07) is 36.9. The van der Waals surface area contributed by atoms with Crippen LogP contribution in [0.25, 0.3) is 31.1 Å². The zero-order chi connectivity index (χ0) is 30.8. The van der Waals surface area contributed by atoms with E-state index in [1.54, 1.807) is 28.7 Å². The minimum Gasteiger partial charge on any atom is -0.311 e. The van der Waals surface area contributed by atoms with Gasteiger partial charge in [0.1, 0.15) is 0 Å². The van der Waals surface area contributed by atoms with Crippen LogP contribution >= 0.6 is 22.7 Å². The fraction of sp³-hybridized carbons (Fsp3) is 0.211. The highest BCUT2D eigenvalue weighted by Crippen LogP contribution is 2.41. The molecule has 0 aliphatic rings. The van der Waals surface area contributed by atoms with E-state index in [9.17, 15) is 0 Å². The summed E-state index contributed by atoms with van der Waals surface area (Å²) in [4.78, 5) is 10.00. The summed E-state index contributed by atoms with van der Waals surface area (Å²) in [6.07, 6.45) is 1.65. The highest BCUT2D eigenvalue weighted by atomic mass is 32.1. The first-order chi connectivity index (χ1) is 20.5. The van der Waals surface area contributed by atoms with Crippen LogP contribution in [0.1, 0.15) is 57.5 Å². The number of rotatable bonds is 6. The molecule has 0 unspecified atom stereocenters. The van der Waals surface area contributed by atoms with Crippen molar-refractivity contribution in [3.63, 3.8) is 0 Å². The molecule has 0 N–H and O–H groups in total. The molecule has 5 aromatic rings. The number of nitriles is 1. The highest BCUT2D eigenvalue weighted by Gasteiger charge is 2.19. The van der Waals surface area contributed by atoms with Gasteiger partial charge in [-0.1, -0.05) is 77.9 Å². The standard InChI is InChI=1S/C38H35N3S2/c1-37(2,3)27-10-16-31(17-11-27)41(32-18-12-28(13-19-32)38(4,5)6)30-14-8-26(9-15-30)34-22-23-36(43-34)35-21-20-33(42-35)24-29(25-39)40-7/h8-24H,1-6H3/b29-24-. The van der Waals surface area contributed by atoms with Gasteiger partial charge in [-0.2, -0.15) is 0 Å². The molecule has 0 spiro atoms. The molecule has 0 saturated carbocycles. The van der Waals surface area contributed by atoms with Crippen LogP contribution in [0.2, 0.25) is 0 Å². The molecule has 2 aromatic heterocycles. The third kappa shape index (κ3) is 6.81. The van der Waals surface area contributed by atoms with Crippen LogP contribution in [0.3, 0.4) is 0 Å². The first-order valence-corrected chi connectivity index (χ1v) is 15.9. The number of hydrogen-bond donors (Lipinski definition) is 0. The van der Waals surface area contributed by atoms with Gasteiger partial charge in [0.2, 0.25) is 0 Å². The van der Waals surface area contributed by atoms with Crippen LogP contribution in [-0.2, 0) is 10.8 Å². The molecule has 2 heterocycles. The van der Waals surface area contributed by atoms with E-state index in [1.807, 2.05) is 12.1 Å². The Hall–Kier alpha value is -4.42. The maximum atomic E-state index is 9.08. The Morgan fingerprint density at radius 1 is 0.651 bits per heavy atom. The minimum atomic E-state index is 0.0949. The molecule has 3 nitrogen and oxygen atoms in total. The van der Waals surface area contributed by atoms with Crippen LogP contribution in [0.5, 0.6) is 0 Å². The van der Waals surface area contributed by atoms with E-state index in [2.05, 4.69) is 142 Å². The fourth-order valence-electron chi connectivity index (χ4n) is 4.86. The second kappa shape index (κ2) is 12.1. The molecule has 0 atom stereocenters. The van der Waals surface area contributed by atoms with E-state index >= 15 is 0 Å². The summed E-state index contributed by atoms with van der Waals surface area (Å²) in [7, 11) is 0. The summed E-state index contributed by atoms with van der Waals surface area (Å²) >= 11 is 3.34. The van der Waals surface area contributed by atoms with Crippen molar-refractivity contribution in [1.82, 2.24) is 0 Å². The number of benzene rings is 3. The van der Waals surface area contributed by atoms with E-state index in [1.165, 1.54) is 26.4 Å². The Morgan fingerprint density at radius 3 is 1.56 bits per heavy atom. The molecule has 0 aliphatic heterocycles. The quantitative estimate of drug-likeness (QED) is 0.144. The molecule has 5 heteroatoms. The van der Waals surface area contributed by atoms with Crippen molar-refractivity contribution in [2.24, 2.45) is 0 Å². The van der Waals surface area contributed by atoms with Crippen molar-refractivity contribution in [2.45, 2.75) is 52.4 Å². The third-order valence-electron chi connectivity index (χ3n) is 7.38. The maximum absolute atomic E-state index is 9.08. The molecule has 214 valence electrons. The van der Waals surface area contributed by atoms with Gasteiger partial charge in [-0.25, -0.2) is 10.1 Å². The first-order valence-electron chi connectivity index (χ1n) is 14.3. The smallest absolute Gasteiger partial charge is 0.263 e. The zero-order valence-electron chi connectivity index (χ0n) is 25.5. The lowest BCUT2D eigenvalue weighted by Gasteiger charge is -2.28. The SMILES string of the molecule is [C-]#[N+]/C(C#N)=C\c1ccc(-c2ccc(-c3ccc(N(c4ccc(C(C)(C)C)cc4)c4ccc(C(C)(C)C)cc4)cc3)s2)s1. The zero-order valence-corrected chi connectivity index (χ0v) is 27.1. The molecule has 43 heavy (non-hydrogen) atoms. The monoisotopic (exact) mass is 597 g/mol. The van der Waals surface area contributed by atoms with Crippen LogP contribution < -0.4 is 4.90 Å². The van der Waals surface area contributed by atoms with Gasteiger partial charge >= 0.3 is 0 Å². The van der Waals surface area contributed by atoms with Crippen LogP contribution in [0.4, 0.5) is 17.1 Å². The van der Waals surface area contributed by atoms with Crippen LogP contribution in [0, 0.1) is 17.9 Å². The number of anilines is 3. The van der Waals surface area contributed by atoms with Crippen molar-refractivity contribution >= 4 is 45.8 Å². The van der Waals surface area contributed by atoms with E-state index in [-0.39, 0.29) is 16.5 Å². The van der Waals surface area contributed by atoms with E-state index in [4.69, 9.17) is 11.8 Å². The lowest BCUT2D eigenvalue weighted by atomic mass is 9.86. The van der Waals surface area contributed by atoms with Crippen LogP contribution in [-0.4, -0.2) is 0 Å². The van der Waals surface area contributed by atoms with Crippen molar-refractivity contribution < 1.29 is 0 Å². The number of hydrogen-bond acceptors (Lipinski definition) is 4. The first kappa shape index (κ1) is 30.1. The van der Waals surface area contributed by atoms with Crippen molar-refractivity contribution in [3.8, 4) is 26.3 Å². The average Bonchev–Trinajstić information content (AvgIpc) is 3.66. The highest BCUT2D eigenvalue weighted by molar-refractivity contribution is 7.24. The number of nitrogens with zero attached hydrogens (tertiary/aromatic N) is 3. The van der Waals surface area contributed by atoms with Gasteiger partial charge in [-0.15, -0.1) is 22.7 Å². The molecule has 0 aliphatic carbocycles. The predicted octanol–water partition coefficient (Wildman–Crippen LogP) is 12.0. The van der Waals surface area contributed by atoms with E-state index < -0.39 is 0 Å². The predicted molar refractivity (Wildman–Crippen MR) is 185 cm³/mol. The molecule has 0 fully saturated rings. The Labute approximate surface area is 263 Å². The van der Waals surface area contributed by atoms with Gasteiger partial charge in [0, 0.05) is 36.6 Å². The van der Waals surface area contributed by atoms with E-state index in [0.717, 1.165) is 26.8 Å². The largest absolute Gasteiger partial charge is 0.311 e. The maximum Gasteiger partial charge on any atom is 0.263 e. The van der Waals surface area contributed by atoms with Gasteiger partial charge in [0.15, 0.2) is 0 Å². The Balaban J connectivity index is 1.46. The summed E-state index contributed by atoms with van der Waals surface area (Å²) in [6.45, 7) is 20.6. The van der Waals surface area contributed by atoms with Gasteiger partial charge in [-0.05, 0) is 94.3 Å². The number of thiophene rings is 2. The van der Waals surface area contributed by atoms with Crippen molar-refractivity contribution in [2.75, 3.05) is 4.90 Å². The average molecular weight is 598 g/mol. The minimum absolute atomic E-state index is 0.0949. The van der Waals surface area contributed by atoms with Gasteiger partial charge in [0.25, 0.3) is 5.70 Å². The van der Waals surface area contributed by atoms with Crippen molar-refractivity contribution in [1.29, 1.82) is 5.26 Å². The Morgan fingerprint density at radius 2 is 1.09 bits per heavy atom. The summed E-state index contributed by atoms with van der Waals surface area (Å²) < 4.78 is 0. The molecular weight excluding hydrogens is 563 g/mol. The number of allylic oxidation sites excluding steroid dienone is 1. The molecule has 5 rings (SSSR count).